The molecule has 2 N–H and O–H groups in total. The van der Waals surface area contributed by atoms with Gasteiger partial charge < -0.3 is 10.4 Å². The molecule has 1 atom stereocenters. The normalized spacial score (nSPS) is 13.0. The summed E-state index contributed by atoms with van der Waals surface area (Å²) < 4.78 is 0. The molecule has 0 aliphatic rings. The van der Waals surface area contributed by atoms with Crippen LogP contribution >= 0.6 is 0 Å². The summed E-state index contributed by atoms with van der Waals surface area (Å²) in [6.45, 7) is 7.56. The average molecular weight is 291 g/mol. The SMILES string of the molecule is CC(C)C[C@@H](NC(=O)C(C)(C)Cc1ccccc1)C(=O)O. The number of benzene rings is 1. The van der Waals surface area contributed by atoms with Crippen LogP contribution in [0.5, 0.6) is 0 Å². The molecular formula is C17H25NO3. The van der Waals surface area contributed by atoms with Gasteiger partial charge in [-0.15, -0.1) is 0 Å². The van der Waals surface area contributed by atoms with E-state index in [2.05, 4.69) is 5.32 Å². The number of hydrogen-bond acceptors (Lipinski definition) is 2. The summed E-state index contributed by atoms with van der Waals surface area (Å²) in [5.74, 6) is -0.990. The third-order valence-corrected chi connectivity index (χ3v) is 3.41. The lowest BCUT2D eigenvalue weighted by Crippen LogP contribution is -2.47. The zero-order valence-electron chi connectivity index (χ0n) is 13.2. The van der Waals surface area contributed by atoms with Gasteiger partial charge in [0.05, 0.1) is 0 Å². The first-order chi connectivity index (χ1) is 9.72. The fraction of sp³-hybridized carbons (Fsp3) is 0.529. The van der Waals surface area contributed by atoms with Gasteiger partial charge in [0.25, 0.3) is 0 Å². The molecule has 4 nitrogen and oxygen atoms in total. The van der Waals surface area contributed by atoms with Crippen LogP contribution in [0, 0.1) is 11.3 Å². The van der Waals surface area contributed by atoms with E-state index in [0.717, 1.165) is 5.56 Å². The lowest BCUT2D eigenvalue weighted by molar-refractivity contribution is -0.143. The molecule has 116 valence electrons. The molecule has 0 bridgehead atoms. The summed E-state index contributed by atoms with van der Waals surface area (Å²) >= 11 is 0. The Bertz CT molecular complexity index is 480. The predicted octanol–water partition coefficient (Wildman–Crippen LogP) is 2.87. The standard InChI is InChI=1S/C17H25NO3/c1-12(2)10-14(15(19)20)18-16(21)17(3,4)11-13-8-6-5-7-9-13/h5-9,12,14H,10-11H2,1-4H3,(H,18,21)(H,19,20)/t14-/m1/s1. The Kier molecular flexibility index (Phi) is 5.94. The van der Waals surface area contributed by atoms with Gasteiger partial charge in [0, 0.05) is 5.41 Å². The fourth-order valence-corrected chi connectivity index (χ4v) is 2.23. The maximum absolute atomic E-state index is 12.4. The van der Waals surface area contributed by atoms with Gasteiger partial charge in [-0.25, -0.2) is 4.79 Å². The van der Waals surface area contributed by atoms with Crippen molar-refractivity contribution in [2.75, 3.05) is 0 Å². The van der Waals surface area contributed by atoms with Crippen LogP contribution < -0.4 is 5.32 Å². The van der Waals surface area contributed by atoms with E-state index in [1.807, 2.05) is 58.0 Å². The van der Waals surface area contributed by atoms with Gasteiger partial charge in [0.2, 0.25) is 5.91 Å². The van der Waals surface area contributed by atoms with Crippen LogP contribution in [-0.4, -0.2) is 23.0 Å². The van der Waals surface area contributed by atoms with Gasteiger partial charge in [-0.05, 0) is 24.3 Å². The van der Waals surface area contributed by atoms with Crippen LogP contribution in [0.25, 0.3) is 0 Å². The highest BCUT2D eigenvalue weighted by molar-refractivity contribution is 5.87. The van der Waals surface area contributed by atoms with Crippen LogP contribution in [0.15, 0.2) is 30.3 Å². The summed E-state index contributed by atoms with van der Waals surface area (Å²) in [5.41, 5.74) is 0.417. The molecule has 0 saturated carbocycles. The number of hydrogen-bond donors (Lipinski definition) is 2. The number of carboxylic acid groups (broad SMARTS) is 1. The minimum Gasteiger partial charge on any atom is -0.480 e. The first-order valence-electron chi connectivity index (χ1n) is 7.30. The summed E-state index contributed by atoms with van der Waals surface area (Å²) in [6.07, 6.45) is 1.01. The zero-order chi connectivity index (χ0) is 16.0. The van der Waals surface area contributed by atoms with E-state index < -0.39 is 17.4 Å². The maximum atomic E-state index is 12.4. The topological polar surface area (TPSA) is 66.4 Å². The molecule has 0 heterocycles. The molecule has 1 aromatic carbocycles. The molecule has 0 aliphatic heterocycles. The average Bonchev–Trinajstić information content (AvgIpc) is 2.37. The molecule has 0 aliphatic carbocycles. The molecule has 0 radical (unpaired) electrons. The Balaban J connectivity index is 2.73. The molecule has 1 aromatic rings. The minimum absolute atomic E-state index is 0.212. The number of carboxylic acids is 1. The summed E-state index contributed by atoms with van der Waals surface area (Å²) in [6, 6.07) is 8.91. The quantitative estimate of drug-likeness (QED) is 0.811. The van der Waals surface area contributed by atoms with Crippen molar-refractivity contribution in [1.29, 1.82) is 0 Å². The van der Waals surface area contributed by atoms with Crippen LogP contribution in [0.3, 0.4) is 0 Å². The molecule has 1 amide bonds. The number of amides is 1. The second kappa shape index (κ2) is 7.25. The number of rotatable bonds is 7. The Morgan fingerprint density at radius 1 is 1.19 bits per heavy atom. The van der Waals surface area contributed by atoms with E-state index in [0.29, 0.717) is 12.8 Å². The van der Waals surface area contributed by atoms with Crippen molar-refractivity contribution in [2.45, 2.75) is 46.6 Å². The Labute approximate surface area is 126 Å². The number of nitrogens with one attached hydrogen (secondary N) is 1. The van der Waals surface area contributed by atoms with Crippen molar-refractivity contribution >= 4 is 11.9 Å². The lowest BCUT2D eigenvalue weighted by atomic mass is 9.84. The van der Waals surface area contributed by atoms with Crippen molar-refractivity contribution in [2.24, 2.45) is 11.3 Å². The van der Waals surface area contributed by atoms with Gasteiger partial charge in [-0.3, -0.25) is 4.79 Å². The van der Waals surface area contributed by atoms with E-state index in [1.54, 1.807) is 0 Å². The van der Waals surface area contributed by atoms with Crippen LogP contribution in [0.1, 0.15) is 39.7 Å². The maximum Gasteiger partial charge on any atom is 0.326 e. The van der Waals surface area contributed by atoms with Crippen LogP contribution in [0.2, 0.25) is 0 Å². The van der Waals surface area contributed by atoms with Gasteiger partial charge in [0.1, 0.15) is 6.04 Å². The van der Waals surface area contributed by atoms with Crippen molar-refractivity contribution < 1.29 is 14.7 Å². The second-order valence-corrected chi connectivity index (χ2v) is 6.54. The Morgan fingerprint density at radius 2 is 1.76 bits per heavy atom. The third kappa shape index (κ3) is 5.58. The Morgan fingerprint density at radius 3 is 2.24 bits per heavy atom. The largest absolute Gasteiger partial charge is 0.480 e. The summed E-state index contributed by atoms with van der Waals surface area (Å²) in [5, 5.41) is 11.9. The summed E-state index contributed by atoms with van der Waals surface area (Å²) in [7, 11) is 0. The first-order valence-corrected chi connectivity index (χ1v) is 7.30. The van der Waals surface area contributed by atoms with Crippen LogP contribution in [0.4, 0.5) is 0 Å². The molecule has 0 unspecified atom stereocenters. The number of aliphatic carboxylic acids is 1. The molecule has 0 spiro atoms. The molecule has 0 fully saturated rings. The highest BCUT2D eigenvalue weighted by atomic mass is 16.4. The van der Waals surface area contributed by atoms with Gasteiger partial charge in [-0.1, -0.05) is 58.0 Å². The highest BCUT2D eigenvalue weighted by Gasteiger charge is 2.31. The zero-order valence-corrected chi connectivity index (χ0v) is 13.2. The minimum atomic E-state index is -0.979. The van der Waals surface area contributed by atoms with Gasteiger partial charge in [0.15, 0.2) is 0 Å². The van der Waals surface area contributed by atoms with Crippen molar-refractivity contribution in [3.05, 3.63) is 35.9 Å². The second-order valence-electron chi connectivity index (χ2n) is 6.54. The molecule has 1 rings (SSSR count). The molecule has 21 heavy (non-hydrogen) atoms. The molecular weight excluding hydrogens is 266 g/mol. The van der Waals surface area contributed by atoms with Crippen LogP contribution in [-0.2, 0) is 16.0 Å². The monoisotopic (exact) mass is 291 g/mol. The van der Waals surface area contributed by atoms with Gasteiger partial charge in [-0.2, -0.15) is 0 Å². The third-order valence-electron chi connectivity index (χ3n) is 3.41. The van der Waals surface area contributed by atoms with E-state index in [4.69, 9.17) is 0 Å². The molecule has 4 heteroatoms. The summed E-state index contributed by atoms with van der Waals surface area (Å²) in [4.78, 5) is 23.6. The molecule has 0 aromatic heterocycles. The van der Waals surface area contributed by atoms with E-state index >= 15 is 0 Å². The van der Waals surface area contributed by atoms with Crippen molar-refractivity contribution in [3.8, 4) is 0 Å². The predicted molar refractivity (Wildman–Crippen MR) is 82.9 cm³/mol. The first kappa shape index (κ1) is 17.2. The highest BCUT2D eigenvalue weighted by Crippen LogP contribution is 2.22. The van der Waals surface area contributed by atoms with E-state index in [9.17, 15) is 14.7 Å². The van der Waals surface area contributed by atoms with Crippen molar-refractivity contribution in [1.82, 2.24) is 5.32 Å². The van der Waals surface area contributed by atoms with Gasteiger partial charge >= 0.3 is 5.97 Å². The smallest absolute Gasteiger partial charge is 0.326 e. The Hall–Kier alpha value is -1.84. The number of carbonyl (C=O) groups excluding carboxylic acids is 1. The van der Waals surface area contributed by atoms with E-state index in [-0.39, 0.29) is 11.8 Å². The van der Waals surface area contributed by atoms with E-state index in [1.165, 1.54) is 0 Å². The fourth-order valence-electron chi connectivity index (χ4n) is 2.23. The molecule has 0 saturated heterocycles. The lowest BCUT2D eigenvalue weighted by Gasteiger charge is -2.26. The van der Waals surface area contributed by atoms with Crippen molar-refractivity contribution in [3.63, 3.8) is 0 Å². The number of carbonyl (C=O) groups is 2.